The second-order valence-corrected chi connectivity index (χ2v) is 8.64. The highest BCUT2D eigenvalue weighted by atomic mass is 16.5. The molecule has 0 saturated carbocycles. The summed E-state index contributed by atoms with van der Waals surface area (Å²) in [7, 11) is 8.13. The summed E-state index contributed by atoms with van der Waals surface area (Å²) in [6.07, 6.45) is 0. The van der Waals surface area contributed by atoms with E-state index in [9.17, 15) is 19.8 Å². The van der Waals surface area contributed by atoms with Crippen molar-refractivity contribution in [1.82, 2.24) is 0 Å². The van der Waals surface area contributed by atoms with Gasteiger partial charge in [0.25, 0.3) is 0 Å². The maximum absolute atomic E-state index is 13.5. The van der Waals surface area contributed by atoms with Crippen molar-refractivity contribution in [1.29, 1.82) is 0 Å². The van der Waals surface area contributed by atoms with Crippen molar-refractivity contribution in [3.05, 3.63) is 46.5 Å². The zero-order valence-electron chi connectivity index (χ0n) is 22.1. The largest absolute Gasteiger partial charge is 0.507 e. The Balaban J connectivity index is 2.62. The molecule has 37 heavy (non-hydrogen) atoms. The summed E-state index contributed by atoms with van der Waals surface area (Å²) in [5.41, 5.74) is -2.45. The van der Waals surface area contributed by atoms with Crippen LogP contribution in [0.5, 0.6) is 28.7 Å². The van der Waals surface area contributed by atoms with Crippen LogP contribution in [0.1, 0.15) is 30.5 Å². The number of Topliss-reactive ketones (excluding diaryl/α,β-unsaturated/α-hetero) is 1. The molecule has 1 aliphatic rings. The van der Waals surface area contributed by atoms with Crippen LogP contribution in [0.3, 0.4) is 0 Å². The lowest BCUT2D eigenvalue weighted by Gasteiger charge is -2.42. The second-order valence-electron chi connectivity index (χ2n) is 8.64. The van der Waals surface area contributed by atoms with Crippen molar-refractivity contribution in [3.63, 3.8) is 0 Å². The topological polar surface area (TPSA) is 130 Å². The SMILES string of the molecule is COC(=O)C1C(C(=O)C(C)C)=C(O)c2cc(OC)c(OC)c(OC)c2C1(O)c1ccc(OC)c(OC)c1. The molecule has 0 aromatic heterocycles. The molecule has 10 nitrogen and oxygen atoms in total. The van der Waals surface area contributed by atoms with E-state index in [1.807, 2.05) is 0 Å². The first kappa shape index (κ1) is 27.7. The lowest BCUT2D eigenvalue weighted by Crippen LogP contribution is -2.48. The molecule has 1 aliphatic carbocycles. The van der Waals surface area contributed by atoms with Crippen LogP contribution >= 0.6 is 0 Å². The average Bonchev–Trinajstić information content (AvgIpc) is 2.91. The fourth-order valence-corrected chi connectivity index (χ4v) is 4.72. The Morgan fingerprint density at radius 1 is 0.838 bits per heavy atom. The van der Waals surface area contributed by atoms with E-state index < -0.39 is 34.9 Å². The number of hydrogen-bond acceptors (Lipinski definition) is 10. The number of benzene rings is 2. The summed E-state index contributed by atoms with van der Waals surface area (Å²) in [4.78, 5) is 26.8. The molecule has 2 unspecified atom stereocenters. The average molecular weight is 517 g/mol. The van der Waals surface area contributed by atoms with Gasteiger partial charge in [0.2, 0.25) is 5.75 Å². The molecule has 2 atom stereocenters. The smallest absolute Gasteiger partial charge is 0.317 e. The Labute approximate surface area is 215 Å². The number of carbonyl (C=O) groups excluding carboxylic acids is 2. The van der Waals surface area contributed by atoms with Gasteiger partial charge in [0, 0.05) is 17.0 Å². The van der Waals surface area contributed by atoms with Crippen LogP contribution in [0.15, 0.2) is 29.8 Å². The predicted octanol–water partition coefficient (Wildman–Crippen LogP) is 3.26. The molecule has 2 N–H and O–H groups in total. The van der Waals surface area contributed by atoms with Crippen LogP contribution in [0, 0.1) is 11.8 Å². The molecule has 0 radical (unpaired) electrons. The quantitative estimate of drug-likeness (QED) is 0.479. The third kappa shape index (κ3) is 4.21. The van der Waals surface area contributed by atoms with Gasteiger partial charge in [-0.2, -0.15) is 0 Å². The first-order valence-electron chi connectivity index (χ1n) is 11.4. The van der Waals surface area contributed by atoms with E-state index >= 15 is 0 Å². The van der Waals surface area contributed by atoms with Crippen LogP contribution in [0.4, 0.5) is 0 Å². The molecule has 10 heteroatoms. The van der Waals surface area contributed by atoms with Crippen molar-refractivity contribution < 1.29 is 48.2 Å². The van der Waals surface area contributed by atoms with Crippen LogP contribution in [-0.2, 0) is 19.9 Å². The van der Waals surface area contributed by atoms with Crippen LogP contribution in [0.2, 0.25) is 0 Å². The van der Waals surface area contributed by atoms with Crippen LogP contribution < -0.4 is 23.7 Å². The van der Waals surface area contributed by atoms with Gasteiger partial charge in [0.05, 0.1) is 48.2 Å². The molecule has 200 valence electrons. The number of methoxy groups -OCH3 is 6. The summed E-state index contributed by atoms with van der Waals surface area (Å²) in [5.74, 6) is -3.40. The van der Waals surface area contributed by atoms with Gasteiger partial charge in [0.1, 0.15) is 17.3 Å². The zero-order valence-corrected chi connectivity index (χ0v) is 22.1. The van der Waals surface area contributed by atoms with E-state index in [1.165, 1.54) is 53.7 Å². The van der Waals surface area contributed by atoms with Gasteiger partial charge < -0.3 is 38.6 Å². The molecule has 0 saturated heterocycles. The van der Waals surface area contributed by atoms with E-state index in [1.54, 1.807) is 19.9 Å². The summed E-state index contributed by atoms with van der Waals surface area (Å²) in [5, 5.41) is 24.1. The van der Waals surface area contributed by atoms with Crippen molar-refractivity contribution in [2.75, 3.05) is 42.7 Å². The second kappa shape index (κ2) is 10.6. The van der Waals surface area contributed by atoms with Crippen LogP contribution in [0.25, 0.3) is 5.76 Å². The Kier molecular flexibility index (Phi) is 7.92. The molecule has 0 fully saturated rings. The van der Waals surface area contributed by atoms with Crippen molar-refractivity contribution in [3.8, 4) is 28.7 Å². The monoisotopic (exact) mass is 516 g/mol. The van der Waals surface area contributed by atoms with E-state index in [-0.39, 0.29) is 45.3 Å². The molecule has 0 spiro atoms. The maximum Gasteiger partial charge on any atom is 0.317 e. The number of aliphatic hydroxyl groups is 2. The highest BCUT2D eigenvalue weighted by Crippen LogP contribution is 2.57. The number of hydrogen-bond donors (Lipinski definition) is 2. The van der Waals surface area contributed by atoms with Gasteiger partial charge in [-0.1, -0.05) is 19.9 Å². The van der Waals surface area contributed by atoms with Crippen molar-refractivity contribution >= 4 is 17.5 Å². The first-order valence-corrected chi connectivity index (χ1v) is 11.4. The summed E-state index contributed by atoms with van der Waals surface area (Å²) in [6.45, 7) is 3.24. The molecule has 0 aliphatic heterocycles. The molecular weight excluding hydrogens is 484 g/mol. The summed E-state index contributed by atoms with van der Waals surface area (Å²) >= 11 is 0. The molecule has 0 bridgehead atoms. The van der Waals surface area contributed by atoms with Gasteiger partial charge in [-0.05, 0) is 23.8 Å². The Bertz CT molecular complexity index is 1250. The van der Waals surface area contributed by atoms with Crippen LogP contribution in [-0.4, -0.2) is 64.6 Å². The molecule has 0 amide bonds. The fraction of sp³-hybridized carbons (Fsp3) is 0.407. The number of ketones is 1. The Morgan fingerprint density at radius 2 is 1.43 bits per heavy atom. The maximum atomic E-state index is 13.5. The molecule has 2 aromatic rings. The van der Waals surface area contributed by atoms with Crippen molar-refractivity contribution in [2.24, 2.45) is 11.8 Å². The third-order valence-electron chi connectivity index (χ3n) is 6.48. The molecule has 0 heterocycles. The molecular formula is C27H32O10. The van der Waals surface area contributed by atoms with E-state index in [0.717, 1.165) is 7.11 Å². The zero-order chi connectivity index (χ0) is 27.7. The Morgan fingerprint density at radius 3 is 1.92 bits per heavy atom. The number of aliphatic hydroxyl groups excluding tert-OH is 1. The predicted molar refractivity (Wildman–Crippen MR) is 134 cm³/mol. The number of fused-ring (bicyclic) bond motifs is 1. The van der Waals surface area contributed by atoms with E-state index in [0.29, 0.717) is 5.75 Å². The highest BCUT2D eigenvalue weighted by molar-refractivity contribution is 6.09. The number of rotatable bonds is 9. The van der Waals surface area contributed by atoms with Crippen molar-refractivity contribution in [2.45, 2.75) is 19.4 Å². The minimum Gasteiger partial charge on any atom is -0.507 e. The number of esters is 1. The highest BCUT2D eigenvalue weighted by Gasteiger charge is 2.57. The minimum atomic E-state index is -2.29. The van der Waals surface area contributed by atoms with Gasteiger partial charge in [0.15, 0.2) is 28.8 Å². The van der Waals surface area contributed by atoms with E-state index in [2.05, 4.69) is 0 Å². The van der Waals surface area contributed by atoms with E-state index in [4.69, 9.17) is 28.4 Å². The molecule has 2 aromatic carbocycles. The summed E-state index contributed by atoms with van der Waals surface area (Å²) < 4.78 is 32.4. The minimum absolute atomic E-state index is 0.00867. The normalized spacial score (nSPS) is 18.7. The van der Waals surface area contributed by atoms with Gasteiger partial charge in [-0.3, -0.25) is 9.59 Å². The number of carbonyl (C=O) groups is 2. The fourth-order valence-electron chi connectivity index (χ4n) is 4.72. The Hall–Kier alpha value is -3.92. The lowest BCUT2D eigenvalue weighted by molar-refractivity contribution is -0.153. The van der Waals surface area contributed by atoms with Gasteiger partial charge in [-0.25, -0.2) is 0 Å². The third-order valence-corrected chi connectivity index (χ3v) is 6.48. The first-order chi connectivity index (χ1) is 17.6. The van der Waals surface area contributed by atoms with Gasteiger partial charge >= 0.3 is 5.97 Å². The number of ether oxygens (including phenoxy) is 6. The molecule has 3 rings (SSSR count). The summed E-state index contributed by atoms with van der Waals surface area (Å²) in [6, 6.07) is 5.97. The standard InChI is InChI=1S/C27H32O10/c1-13(2)22(28)19-21(26(30)37-8)27(31,14-9-10-16(32-3)17(11-14)33-4)20-15(23(19)29)12-18(34-5)24(35-6)25(20)36-7/h9-13,21,29,31H,1-8H3. The van der Waals surface area contributed by atoms with Gasteiger partial charge in [-0.15, -0.1) is 0 Å². The lowest BCUT2D eigenvalue weighted by atomic mass is 9.65.